The van der Waals surface area contributed by atoms with Gasteiger partial charge in [0, 0.05) is 49.4 Å². The minimum Gasteiger partial charge on any atom is -0.544 e. The van der Waals surface area contributed by atoms with Crippen molar-refractivity contribution in [3.8, 4) is 0 Å². The molecule has 0 saturated carbocycles. The lowest BCUT2D eigenvalue weighted by atomic mass is 9.97. The van der Waals surface area contributed by atoms with Crippen molar-refractivity contribution < 1.29 is 65.1 Å². The summed E-state index contributed by atoms with van der Waals surface area (Å²) in [5.74, 6) is -5.30. The number of benzene rings is 3. The first-order chi connectivity index (χ1) is 25.7. The number of hydrogen-bond acceptors (Lipinski definition) is 11. The first-order valence-electron chi connectivity index (χ1n) is 17.3. The van der Waals surface area contributed by atoms with E-state index in [0.717, 1.165) is 22.3 Å². The second kappa shape index (κ2) is 23.6. The Hall–Kier alpha value is -6.03. The van der Waals surface area contributed by atoms with Crippen LogP contribution in [0.1, 0.15) is 83.5 Å². The highest BCUT2D eigenvalue weighted by molar-refractivity contribution is 6.44. The Morgan fingerprint density at radius 1 is 0.727 bits per heavy atom. The Labute approximate surface area is 318 Å². The summed E-state index contributed by atoms with van der Waals surface area (Å²) in [4.78, 5) is 92.2. The van der Waals surface area contributed by atoms with Crippen LogP contribution in [0.2, 0.25) is 0 Å². The SMILES string of the molecule is CC(=O)N=Cc1ccc(CC(N)C(=O)O)cc1.CC(C)C(=O)C(=O)c1ccc(C[C@H]([NH3+])C(=O)[O-])cc1.CCC(=O)CC(=O)c1ccc(C[C@H]([NH3+])C(=O)[O-])cc1. The Bertz CT molecular complexity index is 1840. The normalized spacial score (nSPS) is 12.2. The van der Waals surface area contributed by atoms with Gasteiger partial charge in [-0.2, -0.15) is 0 Å². The van der Waals surface area contributed by atoms with Crippen LogP contribution in [0.4, 0.5) is 0 Å². The molecule has 15 heteroatoms. The number of carboxylic acid groups (broad SMARTS) is 3. The highest BCUT2D eigenvalue weighted by Crippen LogP contribution is 2.11. The van der Waals surface area contributed by atoms with E-state index in [-0.39, 0.29) is 49.1 Å². The van der Waals surface area contributed by atoms with Crippen molar-refractivity contribution in [2.24, 2.45) is 16.6 Å². The number of carbonyl (C=O) groups excluding carboxylic acids is 7. The maximum absolute atomic E-state index is 11.8. The fourth-order valence-electron chi connectivity index (χ4n) is 4.41. The van der Waals surface area contributed by atoms with E-state index in [0.29, 0.717) is 17.5 Å². The van der Waals surface area contributed by atoms with Crippen molar-refractivity contribution in [1.29, 1.82) is 0 Å². The number of aliphatic carboxylic acids is 3. The third kappa shape index (κ3) is 18.0. The molecule has 15 nitrogen and oxygen atoms in total. The third-order valence-electron chi connectivity index (χ3n) is 7.77. The molecule has 0 bridgehead atoms. The minimum absolute atomic E-state index is 0.0904. The number of nitrogens with two attached hydrogens (primary N) is 1. The molecule has 294 valence electrons. The van der Waals surface area contributed by atoms with Gasteiger partial charge in [0.15, 0.2) is 5.78 Å². The van der Waals surface area contributed by atoms with Crippen LogP contribution < -0.4 is 27.4 Å². The van der Waals surface area contributed by atoms with Gasteiger partial charge in [0.1, 0.15) is 23.9 Å². The van der Waals surface area contributed by atoms with Gasteiger partial charge >= 0.3 is 5.97 Å². The summed E-state index contributed by atoms with van der Waals surface area (Å²) in [5.41, 5.74) is 16.2. The predicted octanol–water partition coefficient (Wildman–Crippen LogP) is -1.25. The zero-order valence-electron chi connectivity index (χ0n) is 31.3. The quantitative estimate of drug-likeness (QED) is 0.0543. The Morgan fingerprint density at radius 2 is 1.15 bits per heavy atom. The van der Waals surface area contributed by atoms with Gasteiger partial charge in [0.2, 0.25) is 17.5 Å². The molecule has 0 heterocycles. The lowest BCUT2D eigenvalue weighted by Crippen LogP contribution is -2.69. The summed E-state index contributed by atoms with van der Waals surface area (Å²) < 4.78 is 0. The van der Waals surface area contributed by atoms with Crippen LogP contribution in [0.3, 0.4) is 0 Å². The van der Waals surface area contributed by atoms with Crippen LogP contribution in [-0.2, 0) is 48.0 Å². The van der Waals surface area contributed by atoms with E-state index in [1.54, 1.807) is 81.4 Å². The molecular formula is C40H48N4O11. The van der Waals surface area contributed by atoms with Crippen molar-refractivity contribution in [2.45, 2.75) is 77.9 Å². The average molecular weight is 761 g/mol. The minimum atomic E-state index is -1.21. The zero-order valence-corrected chi connectivity index (χ0v) is 31.3. The number of nitrogens with zero attached hydrogens (tertiary/aromatic N) is 1. The predicted molar refractivity (Wildman–Crippen MR) is 196 cm³/mol. The molecule has 55 heavy (non-hydrogen) atoms. The number of Topliss-reactive ketones (excluding diaryl/α,β-unsaturated/α-hetero) is 4. The summed E-state index contributed by atoms with van der Waals surface area (Å²) in [6.07, 6.45) is 2.48. The highest BCUT2D eigenvalue weighted by Gasteiger charge is 2.19. The van der Waals surface area contributed by atoms with Crippen LogP contribution in [0.25, 0.3) is 0 Å². The monoisotopic (exact) mass is 760 g/mol. The summed E-state index contributed by atoms with van der Waals surface area (Å²) in [7, 11) is 0. The van der Waals surface area contributed by atoms with E-state index < -0.39 is 47.6 Å². The van der Waals surface area contributed by atoms with Crippen molar-refractivity contribution in [3.05, 3.63) is 106 Å². The third-order valence-corrected chi connectivity index (χ3v) is 7.77. The molecule has 3 atom stereocenters. The topological polar surface area (TPSA) is 297 Å². The molecule has 1 unspecified atom stereocenters. The standard InChI is InChI=1S/2C14H17NO4.C12H14N2O3/c1-8(2)12(16)13(17)10-5-3-9(4-6-10)7-11(15)14(18)19;1-2-11(16)8-13(17)10-5-3-9(4-6-10)7-12(15)14(18)19;1-8(15)14-7-10-4-2-9(3-5-10)6-11(13)12(16)17/h3-6,8,11H,7,15H2,1-2H3,(H,18,19);3-6,12H,2,7-8,15H2,1H3,(H,18,19);2-5,7,11H,6,13H2,1H3,(H,16,17)/t11-;12-;/m00./s1. The van der Waals surface area contributed by atoms with Gasteiger partial charge in [0.25, 0.3) is 0 Å². The zero-order chi connectivity index (χ0) is 41.8. The molecule has 0 aliphatic carbocycles. The molecule has 3 aromatic carbocycles. The second-order valence-electron chi connectivity index (χ2n) is 12.8. The van der Waals surface area contributed by atoms with E-state index in [9.17, 15) is 48.6 Å². The van der Waals surface area contributed by atoms with Gasteiger partial charge in [-0.05, 0) is 28.7 Å². The number of aliphatic imine (C=N–C) groups is 1. The lowest BCUT2D eigenvalue weighted by Gasteiger charge is -2.09. The number of ketones is 4. The molecule has 0 aliphatic rings. The second-order valence-corrected chi connectivity index (χ2v) is 12.8. The number of rotatable bonds is 17. The summed E-state index contributed by atoms with van der Waals surface area (Å²) in [6.45, 7) is 6.42. The first kappa shape index (κ1) is 47.0. The molecule has 0 radical (unpaired) electrons. The van der Waals surface area contributed by atoms with Crippen LogP contribution in [0.5, 0.6) is 0 Å². The molecule has 3 aromatic rings. The summed E-state index contributed by atoms with van der Waals surface area (Å²) in [6, 6.07) is 17.4. The molecule has 0 fully saturated rings. The Kier molecular flexibility index (Phi) is 20.2. The van der Waals surface area contributed by atoms with Crippen LogP contribution in [0, 0.1) is 5.92 Å². The van der Waals surface area contributed by atoms with Gasteiger partial charge in [-0.25, -0.2) is 4.99 Å². The van der Waals surface area contributed by atoms with Gasteiger partial charge in [-0.1, -0.05) is 93.6 Å². The fraction of sp³-hybridized carbons (Fsp3) is 0.325. The molecule has 9 N–H and O–H groups in total. The molecule has 0 aliphatic heterocycles. The van der Waals surface area contributed by atoms with E-state index in [1.165, 1.54) is 25.3 Å². The maximum atomic E-state index is 11.8. The number of carboxylic acids is 3. The van der Waals surface area contributed by atoms with Crippen molar-refractivity contribution in [2.75, 3.05) is 0 Å². The van der Waals surface area contributed by atoms with Crippen LogP contribution >= 0.6 is 0 Å². The van der Waals surface area contributed by atoms with E-state index in [2.05, 4.69) is 16.5 Å². The molecule has 0 aromatic heterocycles. The van der Waals surface area contributed by atoms with Gasteiger partial charge in [0.05, 0.1) is 18.4 Å². The van der Waals surface area contributed by atoms with Crippen LogP contribution in [-0.4, -0.2) is 76.4 Å². The summed E-state index contributed by atoms with van der Waals surface area (Å²) >= 11 is 0. The molecular weight excluding hydrogens is 712 g/mol. The number of hydrogen-bond donors (Lipinski definition) is 4. The lowest BCUT2D eigenvalue weighted by molar-refractivity contribution is -0.437. The Morgan fingerprint density at radius 3 is 1.53 bits per heavy atom. The van der Waals surface area contributed by atoms with Gasteiger partial charge in [-0.15, -0.1) is 0 Å². The van der Waals surface area contributed by atoms with Crippen molar-refractivity contribution >= 4 is 53.2 Å². The number of quaternary nitrogens is 2. The van der Waals surface area contributed by atoms with Crippen molar-refractivity contribution in [3.63, 3.8) is 0 Å². The van der Waals surface area contributed by atoms with E-state index in [1.807, 2.05) is 0 Å². The van der Waals surface area contributed by atoms with Crippen LogP contribution in [0.15, 0.2) is 77.8 Å². The molecule has 0 saturated heterocycles. The highest BCUT2D eigenvalue weighted by atomic mass is 16.4. The number of carbonyl (C=O) groups is 8. The van der Waals surface area contributed by atoms with Gasteiger partial charge < -0.3 is 42.1 Å². The molecule has 3 rings (SSSR count). The first-order valence-corrected chi connectivity index (χ1v) is 17.3. The fourth-order valence-corrected chi connectivity index (χ4v) is 4.41. The number of amides is 1. The van der Waals surface area contributed by atoms with E-state index >= 15 is 0 Å². The average Bonchev–Trinajstić information content (AvgIpc) is 3.14. The van der Waals surface area contributed by atoms with E-state index in [4.69, 9.17) is 10.8 Å². The summed E-state index contributed by atoms with van der Waals surface area (Å²) in [5, 5.41) is 29.8. The Balaban J connectivity index is 0.000000413. The molecule has 0 spiro atoms. The smallest absolute Gasteiger partial charge is 0.320 e. The van der Waals surface area contributed by atoms with Gasteiger partial charge in [-0.3, -0.25) is 28.8 Å². The van der Waals surface area contributed by atoms with Crippen molar-refractivity contribution in [1.82, 2.24) is 0 Å². The maximum Gasteiger partial charge on any atom is 0.320 e. The molecule has 1 amide bonds. The largest absolute Gasteiger partial charge is 0.544 e.